The normalized spacial score (nSPS) is 10.4. The fourth-order valence-corrected chi connectivity index (χ4v) is 2.69. The molecular formula is C20H19ClN4O2. The number of hydrogen-bond donors (Lipinski definition) is 2. The zero-order valence-electron chi connectivity index (χ0n) is 15.2. The largest absolute Gasteiger partial charge is 0.495 e. The van der Waals surface area contributed by atoms with Gasteiger partial charge in [0.05, 0.1) is 12.8 Å². The number of hydrogen-bond acceptors (Lipinski definition) is 5. The molecule has 138 valence electrons. The van der Waals surface area contributed by atoms with Crippen LogP contribution in [0.25, 0.3) is 0 Å². The van der Waals surface area contributed by atoms with E-state index >= 15 is 0 Å². The number of methoxy groups -OCH3 is 1. The first kappa shape index (κ1) is 18.7. The fourth-order valence-electron chi connectivity index (χ4n) is 2.53. The summed E-state index contributed by atoms with van der Waals surface area (Å²) < 4.78 is 5.37. The van der Waals surface area contributed by atoms with E-state index in [0.29, 0.717) is 33.8 Å². The molecule has 0 atom stereocenters. The van der Waals surface area contributed by atoms with Crippen molar-refractivity contribution in [2.24, 2.45) is 0 Å². The van der Waals surface area contributed by atoms with E-state index in [0.717, 1.165) is 5.56 Å². The molecule has 3 rings (SSSR count). The van der Waals surface area contributed by atoms with E-state index < -0.39 is 0 Å². The standard InChI is InChI=1S/C20H19ClN4O2/c1-12-9-16(18(27-3)10-15(12)21)25-19-11-17(22-13(2)23-19)20(26)24-14-7-5-4-6-8-14/h4-11H,1-3H3,(H,24,26)(H,22,23,25). The van der Waals surface area contributed by atoms with Gasteiger partial charge in [0.1, 0.15) is 23.1 Å². The minimum Gasteiger partial charge on any atom is -0.495 e. The Balaban J connectivity index is 1.88. The van der Waals surface area contributed by atoms with E-state index in [9.17, 15) is 4.79 Å². The molecule has 0 aliphatic heterocycles. The van der Waals surface area contributed by atoms with Crippen molar-refractivity contribution in [2.75, 3.05) is 17.7 Å². The third kappa shape index (κ3) is 4.54. The number of nitrogens with one attached hydrogen (secondary N) is 2. The zero-order chi connectivity index (χ0) is 19.4. The Hall–Kier alpha value is -3.12. The first-order chi connectivity index (χ1) is 13.0. The topological polar surface area (TPSA) is 76.1 Å². The number of anilines is 3. The van der Waals surface area contributed by atoms with Gasteiger partial charge in [0.15, 0.2) is 0 Å². The van der Waals surface area contributed by atoms with Crippen LogP contribution in [-0.2, 0) is 0 Å². The molecule has 7 heteroatoms. The highest BCUT2D eigenvalue weighted by Crippen LogP contribution is 2.32. The Labute approximate surface area is 162 Å². The first-order valence-corrected chi connectivity index (χ1v) is 8.67. The van der Waals surface area contributed by atoms with Gasteiger partial charge in [0, 0.05) is 22.8 Å². The van der Waals surface area contributed by atoms with Crippen molar-refractivity contribution in [3.05, 3.63) is 70.6 Å². The quantitative estimate of drug-likeness (QED) is 0.665. The van der Waals surface area contributed by atoms with E-state index in [1.165, 1.54) is 0 Å². The zero-order valence-corrected chi connectivity index (χ0v) is 16.0. The molecule has 0 saturated carbocycles. The average molecular weight is 383 g/mol. The Morgan fingerprint density at radius 3 is 2.52 bits per heavy atom. The number of amides is 1. The van der Waals surface area contributed by atoms with Crippen LogP contribution >= 0.6 is 11.6 Å². The molecule has 2 aromatic carbocycles. The van der Waals surface area contributed by atoms with Crippen molar-refractivity contribution in [3.8, 4) is 5.75 Å². The van der Waals surface area contributed by atoms with Gasteiger partial charge < -0.3 is 15.4 Å². The molecule has 0 bridgehead atoms. The summed E-state index contributed by atoms with van der Waals surface area (Å²) in [4.78, 5) is 21.1. The van der Waals surface area contributed by atoms with Crippen LogP contribution in [0.2, 0.25) is 5.02 Å². The lowest BCUT2D eigenvalue weighted by molar-refractivity contribution is 0.102. The van der Waals surface area contributed by atoms with Crippen LogP contribution in [0.15, 0.2) is 48.5 Å². The summed E-state index contributed by atoms with van der Waals surface area (Å²) in [5.41, 5.74) is 2.56. The maximum Gasteiger partial charge on any atom is 0.274 e. The molecule has 27 heavy (non-hydrogen) atoms. The number of halogens is 1. The Morgan fingerprint density at radius 1 is 1.07 bits per heavy atom. The molecule has 1 amide bonds. The molecule has 1 heterocycles. The van der Waals surface area contributed by atoms with Gasteiger partial charge in [-0.15, -0.1) is 0 Å². The maximum atomic E-state index is 12.5. The highest BCUT2D eigenvalue weighted by atomic mass is 35.5. The number of benzene rings is 2. The second kappa shape index (κ2) is 8.05. The smallest absolute Gasteiger partial charge is 0.274 e. The van der Waals surface area contributed by atoms with Crippen LogP contribution in [0.5, 0.6) is 5.75 Å². The summed E-state index contributed by atoms with van der Waals surface area (Å²) in [5.74, 6) is 1.23. The van der Waals surface area contributed by atoms with E-state index in [2.05, 4.69) is 20.6 Å². The van der Waals surface area contributed by atoms with E-state index in [1.807, 2.05) is 43.3 Å². The predicted octanol–water partition coefficient (Wildman–Crippen LogP) is 4.75. The van der Waals surface area contributed by atoms with Gasteiger partial charge in [-0.25, -0.2) is 9.97 Å². The third-order valence-electron chi connectivity index (χ3n) is 3.85. The summed E-state index contributed by atoms with van der Waals surface area (Å²) in [5, 5.41) is 6.60. The number of carbonyl (C=O) groups excluding carboxylic acids is 1. The second-order valence-corrected chi connectivity index (χ2v) is 6.34. The van der Waals surface area contributed by atoms with Gasteiger partial charge in [0.25, 0.3) is 5.91 Å². The summed E-state index contributed by atoms with van der Waals surface area (Å²) in [6.45, 7) is 3.63. The van der Waals surface area contributed by atoms with Crippen molar-refractivity contribution in [1.82, 2.24) is 9.97 Å². The van der Waals surface area contributed by atoms with Crippen LogP contribution in [-0.4, -0.2) is 23.0 Å². The fraction of sp³-hybridized carbons (Fsp3) is 0.150. The number of aryl methyl sites for hydroxylation is 2. The van der Waals surface area contributed by atoms with E-state index in [1.54, 1.807) is 26.2 Å². The highest BCUT2D eigenvalue weighted by molar-refractivity contribution is 6.31. The van der Waals surface area contributed by atoms with Crippen LogP contribution in [0.4, 0.5) is 17.2 Å². The molecule has 0 saturated heterocycles. The van der Waals surface area contributed by atoms with Crippen LogP contribution in [0, 0.1) is 13.8 Å². The van der Waals surface area contributed by atoms with Gasteiger partial charge in [-0.05, 0) is 37.6 Å². The molecule has 2 N–H and O–H groups in total. The third-order valence-corrected chi connectivity index (χ3v) is 4.25. The SMILES string of the molecule is COc1cc(Cl)c(C)cc1Nc1cc(C(=O)Nc2ccccc2)nc(C)n1. The highest BCUT2D eigenvalue weighted by Gasteiger charge is 2.13. The Kier molecular flexibility index (Phi) is 5.57. The molecule has 0 radical (unpaired) electrons. The van der Waals surface area contributed by atoms with E-state index in [-0.39, 0.29) is 11.6 Å². The van der Waals surface area contributed by atoms with Crippen molar-refractivity contribution in [1.29, 1.82) is 0 Å². The molecule has 0 spiro atoms. The lowest BCUT2D eigenvalue weighted by Gasteiger charge is -2.13. The minimum absolute atomic E-state index is 0.263. The number of para-hydroxylation sites is 1. The molecule has 0 aliphatic rings. The molecule has 1 aromatic heterocycles. The number of aromatic nitrogens is 2. The summed E-state index contributed by atoms with van der Waals surface area (Å²) in [7, 11) is 1.57. The summed E-state index contributed by atoms with van der Waals surface area (Å²) in [6.07, 6.45) is 0. The van der Waals surface area contributed by atoms with E-state index in [4.69, 9.17) is 16.3 Å². The van der Waals surface area contributed by atoms with Gasteiger partial charge in [-0.1, -0.05) is 29.8 Å². The first-order valence-electron chi connectivity index (χ1n) is 8.29. The lowest BCUT2D eigenvalue weighted by Crippen LogP contribution is -2.15. The van der Waals surface area contributed by atoms with Crippen molar-refractivity contribution >= 4 is 34.7 Å². The molecule has 0 unspecified atom stereocenters. The van der Waals surface area contributed by atoms with Crippen molar-refractivity contribution in [3.63, 3.8) is 0 Å². The molecule has 0 fully saturated rings. The summed E-state index contributed by atoms with van der Waals surface area (Å²) in [6, 6.07) is 14.4. The molecule has 3 aromatic rings. The number of ether oxygens (including phenoxy) is 1. The van der Waals surface area contributed by atoms with Gasteiger partial charge in [0.2, 0.25) is 0 Å². The van der Waals surface area contributed by atoms with Crippen LogP contribution < -0.4 is 15.4 Å². The lowest BCUT2D eigenvalue weighted by atomic mass is 10.2. The second-order valence-electron chi connectivity index (χ2n) is 5.93. The average Bonchev–Trinajstić information content (AvgIpc) is 2.65. The Morgan fingerprint density at radius 2 is 1.81 bits per heavy atom. The predicted molar refractivity (Wildman–Crippen MR) is 107 cm³/mol. The van der Waals surface area contributed by atoms with Gasteiger partial charge in [-0.2, -0.15) is 0 Å². The van der Waals surface area contributed by atoms with Crippen LogP contribution in [0.3, 0.4) is 0 Å². The molecular weight excluding hydrogens is 364 g/mol. The summed E-state index contributed by atoms with van der Waals surface area (Å²) >= 11 is 6.15. The van der Waals surface area contributed by atoms with Gasteiger partial charge >= 0.3 is 0 Å². The number of nitrogens with zero attached hydrogens (tertiary/aromatic N) is 2. The van der Waals surface area contributed by atoms with Gasteiger partial charge in [-0.3, -0.25) is 4.79 Å². The van der Waals surface area contributed by atoms with Crippen LogP contribution in [0.1, 0.15) is 21.9 Å². The number of rotatable bonds is 5. The van der Waals surface area contributed by atoms with Crippen molar-refractivity contribution < 1.29 is 9.53 Å². The van der Waals surface area contributed by atoms with Crippen molar-refractivity contribution in [2.45, 2.75) is 13.8 Å². The molecule has 0 aliphatic carbocycles. The monoisotopic (exact) mass is 382 g/mol. The maximum absolute atomic E-state index is 12.5. The Bertz CT molecular complexity index is 977. The molecule has 6 nitrogen and oxygen atoms in total. The number of carbonyl (C=O) groups is 1. The minimum atomic E-state index is -0.311.